The molecule has 2 fully saturated rings. The average molecular weight is 299 g/mol. The molecule has 0 amide bonds. The molecule has 2 saturated carbocycles. The number of hydrogen-bond donors (Lipinski definition) is 2. The Morgan fingerprint density at radius 2 is 2.00 bits per heavy atom. The van der Waals surface area contributed by atoms with Gasteiger partial charge in [-0.2, -0.15) is 13.2 Å². The van der Waals surface area contributed by atoms with E-state index in [1.54, 1.807) is 0 Å². The zero-order valence-corrected chi connectivity index (χ0v) is 11.3. The normalized spacial score (nSPS) is 27.9. The number of carbonyl (C=O) groups is 1. The number of fused-ring (bicyclic) bond motifs is 2. The van der Waals surface area contributed by atoms with Gasteiger partial charge in [0.05, 0.1) is 11.1 Å². The fourth-order valence-corrected chi connectivity index (χ4v) is 3.69. The van der Waals surface area contributed by atoms with Gasteiger partial charge in [-0.15, -0.1) is 0 Å². The third kappa shape index (κ3) is 2.71. The van der Waals surface area contributed by atoms with Gasteiger partial charge in [0.15, 0.2) is 0 Å². The van der Waals surface area contributed by atoms with Gasteiger partial charge in [0.25, 0.3) is 0 Å². The lowest BCUT2D eigenvalue weighted by Crippen LogP contribution is -2.26. The first-order valence-electron chi connectivity index (χ1n) is 7.05. The lowest BCUT2D eigenvalue weighted by molar-refractivity contribution is -0.138. The molecule has 0 spiro atoms. The van der Waals surface area contributed by atoms with Crippen LogP contribution in [0.4, 0.5) is 18.9 Å². The molecule has 2 bridgehead atoms. The first kappa shape index (κ1) is 14.2. The second kappa shape index (κ2) is 4.93. The number of carboxylic acids is 1. The minimum atomic E-state index is -4.65. The van der Waals surface area contributed by atoms with Crippen LogP contribution in [-0.2, 0) is 6.18 Å². The number of benzene rings is 1. The molecule has 3 unspecified atom stereocenters. The fraction of sp³-hybridized carbons (Fsp3) is 0.533. The van der Waals surface area contributed by atoms with Gasteiger partial charge in [-0.25, -0.2) is 4.79 Å². The number of halogens is 3. The standard InChI is InChI=1S/C15H16F3NO2/c16-15(17,18)12-4-3-10(7-11(12)14(20)21)19-13-6-8-1-2-9(13)5-8/h3-4,7-9,13,19H,1-2,5-6H2,(H,20,21). The lowest BCUT2D eigenvalue weighted by atomic mass is 9.95. The summed E-state index contributed by atoms with van der Waals surface area (Å²) >= 11 is 0. The number of nitrogens with one attached hydrogen (secondary N) is 1. The second-order valence-corrected chi connectivity index (χ2v) is 5.99. The van der Waals surface area contributed by atoms with E-state index in [2.05, 4.69) is 5.32 Å². The molecule has 6 heteroatoms. The van der Waals surface area contributed by atoms with Crippen molar-refractivity contribution in [2.24, 2.45) is 11.8 Å². The van der Waals surface area contributed by atoms with E-state index in [0.717, 1.165) is 25.0 Å². The number of hydrogen-bond acceptors (Lipinski definition) is 2. The molecule has 21 heavy (non-hydrogen) atoms. The number of rotatable bonds is 3. The second-order valence-electron chi connectivity index (χ2n) is 5.99. The highest BCUT2D eigenvalue weighted by Gasteiger charge is 2.40. The van der Waals surface area contributed by atoms with Crippen molar-refractivity contribution >= 4 is 11.7 Å². The molecule has 0 aliphatic heterocycles. The van der Waals surface area contributed by atoms with E-state index in [1.165, 1.54) is 18.9 Å². The first-order valence-corrected chi connectivity index (χ1v) is 7.05. The summed E-state index contributed by atoms with van der Waals surface area (Å²) in [6.07, 6.45) is -0.0815. The van der Waals surface area contributed by atoms with Crippen LogP contribution >= 0.6 is 0 Å². The first-order chi connectivity index (χ1) is 9.84. The van der Waals surface area contributed by atoms with E-state index >= 15 is 0 Å². The number of carboxylic acid groups (broad SMARTS) is 1. The van der Waals surface area contributed by atoms with E-state index in [9.17, 15) is 18.0 Å². The minimum Gasteiger partial charge on any atom is -0.478 e. The highest BCUT2D eigenvalue weighted by atomic mass is 19.4. The summed E-state index contributed by atoms with van der Waals surface area (Å²) in [4.78, 5) is 11.1. The highest BCUT2D eigenvalue weighted by Crippen LogP contribution is 2.45. The number of anilines is 1. The van der Waals surface area contributed by atoms with Crippen LogP contribution in [0.2, 0.25) is 0 Å². The molecule has 1 aromatic carbocycles. The molecule has 2 aliphatic rings. The predicted molar refractivity (Wildman–Crippen MR) is 71.3 cm³/mol. The van der Waals surface area contributed by atoms with Crippen molar-refractivity contribution in [1.82, 2.24) is 0 Å². The molecule has 0 aromatic heterocycles. The molecular formula is C15H16F3NO2. The SMILES string of the molecule is O=C(O)c1cc(NC2CC3CCC2C3)ccc1C(F)(F)F. The van der Waals surface area contributed by atoms with Crippen LogP contribution in [0.25, 0.3) is 0 Å². The Bertz CT molecular complexity index is 571. The largest absolute Gasteiger partial charge is 0.478 e. The van der Waals surface area contributed by atoms with Gasteiger partial charge in [-0.1, -0.05) is 6.42 Å². The van der Waals surface area contributed by atoms with Crippen LogP contribution in [0.15, 0.2) is 18.2 Å². The van der Waals surface area contributed by atoms with Gasteiger partial charge in [-0.3, -0.25) is 0 Å². The maximum Gasteiger partial charge on any atom is 0.417 e. The number of aromatic carboxylic acids is 1. The van der Waals surface area contributed by atoms with Gasteiger partial charge < -0.3 is 10.4 Å². The van der Waals surface area contributed by atoms with Crippen LogP contribution in [0, 0.1) is 11.8 Å². The van der Waals surface area contributed by atoms with Crippen LogP contribution in [0.5, 0.6) is 0 Å². The fourth-order valence-electron chi connectivity index (χ4n) is 3.69. The smallest absolute Gasteiger partial charge is 0.417 e. The third-order valence-electron chi connectivity index (χ3n) is 4.65. The van der Waals surface area contributed by atoms with Crippen LogP contribution in [0.1, 0.15) is 41.6 Å². The highest BCUT2D eigenvalue weighted by molar-refractivity contribution is 5.91. The van der Waals surface area contributed by atoms with Gasteiger partial charge in [0.1, 0.15) is 0 Å². The van der Waals surface area contributed by atoms with Crippen molar-refractivity contribution in [2.45, 2.75) is 37.9 Å². The third-order valence-corrected chi connectivity index (χ3v) is 4.65. The van der Waals surface area contributed by atoms with Gasteiger partial charge in [0.2, 0.25) is 0 Å². The average Bonchev–Trinajstić information content (AvgIpc) is 2.99. The Morgan fingerprint density at radius 1 is 1.24 bits per heavy atom. The molecule has 3 atom stereocenters. The lowest BCUT2D eigenvalue weighted by Gasteiger charge is -2.24. The minimum absolute atomic E-state index is 0.252. The van der Waals surface area contributed by atoms with Crippen molar-refractivity contribution in [3.8, 4) is 0 Å². The molecule has 2 N–H and O–H groups in total. The molecule has 2 aliphatic carbocycles. The van der Waals surface area contributed by atoms with Crippen molar-refractivity contribution in [1.29, 1.82) is 0 Å². The van der Waals surface area contributed by atoms with Crippen LogP contribution in [-0.4, -0.2) is 17.1 Å². The Balaban J connectivity index is 1.84. The molecular weight excluding hydrogens is 283 g/mol. The Hall–Kier alpha value is -1.72. The van der Waals surface area contributed by atoms with Crippen molar-refractivity contribution in [3.05, 3.63) is 29.3 Å². The molecule has 1 aromatic rings. The monoisotopic (exact) mass is 299 g/mol. The summed E-state index contributed by atoms with van der Waals surface area (Å²) in [5.74, 6) is -0.287. The molecule has 3 rings (SSSR count). The van der Waals surface area contributed by atoms with E-state index in [4.69, 9.17) is 5.11 Å². The van der Waals surface area contributed by atoms with Crippen LogP contribution < -0.4 is 5.32 Å². The van der Waals surface area contributed by atoms with E-state index in [1.807, 2.05) is 0 Å². The summed E-state index contributed by atoms with van der Waals surface area (Å²) in [6, 6.07) is 3.51. The Labute approximate surface area is 120 Å². The molecule has 3 nitrogen and oxygen atoms in total. The number of alkyl halides is 3. The zero-order valence-electron chi connectivity index (χ0n) is 11.3. The van der Waals surface area contributed by atoms with E-state index < -0.39 is 23.3 Å². The van der Waals surface area contributed by atoms with Crippen molar-refractivity contribution < 1.29 is 23.1 Å². The van der Waals surface area contributed by atoms with Crippen molar-refractivity contribution in [3.63, 3.8) is 0 Å². The van der Waals surface area contributed by atoms with E-state index in [-0.39, 0.29) is 6.04 Å². The summed E-state index contributed by atoms with van der Waals surface area (Å²) in [5.41, 5.74) is -1.35. The summed E-state index contributed by atoms with van der Waals surface area (Å²) < 4.78 is 38.4. The Morgan fingerprint density at radius 3 is 2.52 bits per heavy atom. The summed E-state index contributed by atoms with van der Waals surface area (Å²) in [6.45, 7) is 0. The summed E-state index contributed by atoms with van der Waals surface area (Å²) in [7, 11) is 0. The van der Waals surface area contributed by atoms with Crippen molar-refractivity contribution in [2.75, 3.05) is 5.32 Å². The van der Waals surface area contributed by atoms with Gasteiger partial charge in [-0.05, 0) is 49.3 Å². The summed E-state index contributed by atoms with van der Waals surface area (Å²) in [5, 5.41) is 12.2. The van der Waals surface area contributed by atoms with E-state index in [0.29, 0.717) is 17.5 Å². The molecule has 114 valence electrons. The molecule has 0 heterocycles. The quantitative estimate of drug-likeness (QED) is 0.886. The van der Waals surface area contributed by atoms with Gasteiger partial charge in [0, 0.05) is 11.7 Å². The topological polar surface area (TPSA) is 49.3 Å². The maximum absolute atomic E-state index is 12.8. The predicted octanol–water partition coefficient (Wildman–Crippen LogP) is 4.00. The van der Waals surface area contributed by atoms with Crippen LogP contribution in [0.3, 0.4) is 0 Å². The maximum atomic E-state index is 12.8. The molecule has 0 saturated heterocycles. The molecule has 0 radical (unpaired) electrons. The Kier molecular flexibility index (Phi) is 3.34. The zero-order chi connectivity index (χ0) is 15.2. The van der Waals surface area contributed by atoms with Gasteiger partial charge >= 0.3 is 12.1 Å².